The van der Waals surface area contributed by atoms with E-state index in [4.69, 9.17) is 4.74 Å². The Morgan fingerprint density at radius 2 is 2.32 bits per heavy atom. The fourth-order valence-corrected chi connectivity index (χ4v) is 2.67. The highest BCUT2D eigenvalue weighted by atomic mass is 16.5. The predicted molar refractivity (Wildman–Crippen MR) is 72.7 cm³/mol. The monoisotopic (exact) mass is 265 g/mol. The normalized spacial score (nSPS) is 18.4. The van der Waals surface area contributed by atoms with Gasteiger partial charge in [0.2, 0.25) is 0 Å². The number of esters is 1. The molecule has 1 aromatic heterocycles. The number of methoxy groups -OCH3 is 1. The minimum Gasteiger partial charge on any atom is -0.468 e. The van der Waals surface area contributed by atoms with Crippen LogP contribution in [0.5, 0.6) is 0 Å². The SMILES string of the molecule is COC(=O)C(Cn1cc(C)cn1)(NC(C)C)C1CC1. The Bertz CT molecular complexity index is 451. The van der Waals surface area contributed by atoms with E-state index in [1.165, 1.54) is 7.11 Å². The molecule has 106 valence electrons. The summed E-state index contributed by atoms with van der Waals surface area (Å²) in [6.07, 6.45) is 5.90. The van der Waals surface area contributed by atoms with Crippen LogP contribution in [0.4, 0.5) is 0 Å². The van der Waals surface area contributed by atoms with E-state index < -0.39 is 5.54 Å². The van der Waals surface area contributed by atoms with Crippen molar-refractivity contribution >= 4 is 5.97 Å². The minimum absolute atomic E-state index is 0.183. The maximum absolute atomic E-state index is 12.3. The van der Waals surface area contributed by atoms with Gasteiger partial charge in [0.25, 0.3) is 0 Å². The van der Waals surface area contributed by atoms with Crippen LogP contribution in [-0.4, -0.2) is 34.4 Å². The van der Waals surface area contributed by atoms with Crippen molar-refractivity contribution in [1.82, 2.24) is 15.1 Å². The highest BCUT2D eigenvalue weighted by Crippen LogP contribution is 2.41. The van der Waals surface area contributed by atoms with Crippen molar-refractivity contribution in [3.05, 3.63) is 18.0 Å². The number of nitrogens with zero attached hydrogens (tertiary/aromatic N) is 2. The number of carbonyl (C=O) groups excluding carboxylic acids is 1. The van der Waals surface area contributed by atoms with Crippen LogP contribution in [0.1, 0.15) is 32.3 Å². The first-order chi connectivity index (χ1) is 8.98. The van der Waals surface area contributed by atoms with Gasteiger partial charge in [0.1, 0.15) is 5.54 Å². The summed E-state index contributed by atoms with van der Waals surface area (Å²) in [5.41, 5.74) is 0.445. The van der Waals surface area contributed by atoms with Gasteiger partial charge in [-0.05, 0) is 45.1 Å². The molecule has 0 aromatic carbocycles. The number of hydrogen-bond donors (Lipinski definition) is 1. The molecular formula is C14H23N3O2. The molecule has 1 N–H and O–H groups in total. The molecule has 1 fully saturated rings. The number of carbonyl (C=O) groups is 1. The molecule has 1 aromatic rings. The molecule has 0 radical (unpaired) electrons. The average Bonchev–Trinajstić information content (AvgIpc) is 3.12. The molecule has 1 aliphatic carbocycles. The molecule has 0 aliphatic heterocycles. The van der Waals surface area contributed by atoms with Gasteiger partial charge in [-0.25, -0.2) is 4.79 Å². The molecule has 1 saturated carbocycles. The summed E-state index contributed by atoms with van der Waals surface area (Å²) in [7, 11) is 1.45. The largest absolute Gasteiger partial charge is 0.468 e. The van der Waals surface area contributed by atoms with Gasteiger partial charge in [-0.2, -0.15) is 5.10 Å². The molecule has 5 heteroatoms. The number of ether oxygens (including phenoxy) is 1. The molecule has 0 saturated heterocycles. The van der Waals surface area contributed by atoms with Crippen molar-refractivity contribution in [2.45, 2.75) is 51.7 Å². The second-order valence-electron chi connectivity index (χ2n) is 5.75. The van der Waals surface area contributed by atoms with Gasteiger partial charge in [0, 0.05) is 12.2 Å². The van der Waals surface area contributed by atoms with Gasteiger partial charge < -0.3 is 4.74 Å². The zero-order chi connectivity index (χ0) is 14.0. The van der Waals surface area contributed by atoms with Gasteiger partial charge in [-0.1, -0.05) is 0 Å². The zero-order valence-corrected chi connectivity index (χ0v) is 12.1. The Labute approximate surface area is 114 Å². The molecular weight excluding hydrogens is 242 g/mol. The lowest BCUT2D eigenvalue weighted by atomic mass is 9.92. The third-order valence-electron chi connectivity index (χ3n) is 3.54. The highest BCUT2D eigenvalue weighted by molar-refractivity contribution is 5.81. The van der Waals surface area contributed by atoms with Crippen molar-refractivity contribution in [2.75, 3.05) is 7.11 Å². The Morgan fingerprint density at radius 3 is 2.74 bits per heavy atom. The van der Waals surface area contributed by atoms with Crippen molar-refractivity contribution in [3.63, 3.8) is 0 Å². The maximum atomic E-state index is 12.3. The number of nitrogens with one attached hydrogen (secondary N) is 1. The lowest BCUT2D eigenvalue weighted by Crippen LogP contribution is -2.59. The van der Waals surface area contributed by atoms with E-state index in [0.717, 1.165) is 18.4 Å². The maximum Gasteiger partial charge on any atom is 0.328 e. The Hall–Kier alpha value is -1.36. The lowest BCUT2D eigenvalue weighted by molar-refractivity contribution is -0.151. The first-order valence-corrected chi connectivity index (χ1v) is 6.83. The molecule has 1 atom stereocenters. The molecule has 1 heterocycles. The van der Waals surface area contributed by atoms with Gasteiger partial charge in [-0.15, -0.1) is 0 Å². The topological polar surface area (TPSA) is 56.2 Å². The molecule has 2 rings (SSSR count). The van der Waals surface area contributed by atoms with Crippen molar-refractivity contribution in [3.8, 4) is 0 Å². The third kappa shape index (κ3) is 2.97. The van der Waals surface area contributed by atoms with Crippen LogP contribution in [-0.2, 0) is 16.1 Å². The standard InChI is InChI=1S/C14H23N3O2/c1-10(2)16-14(12-5-6-12,13(18)19-4)9-17-8-11(3)7-15-17/h7-8,10,12,16H,5-6,9H2,1-4H3. The summed E-state index contributed by atoms with van der Waals surface area (Å²) in [5.74, 6) is 0.156. The van der Waals surface area contributed by atoms with Crippen LogP contribution in [0, 0.1) is 12.8 Å². The lowest BCUT2D eigenvalue weighted by Gasteiger charge is -2.34. The van der Waals surface area contributed by atoms with Gasteiger partial charge >= 0.3 is 5.97 Å². The van der Waals surface area contributed by atoms with E-state index in [1.54, 1.807) is 0 Å². The molecule has 0 amide bonds. The molecule has 1 aliphatic rings. The zero-order valence-electron chi connectivity index (χ0n) is 12.1. The number of aromatic nitrogens is 2. The summed E-state index contributed by atoms with van der Waals surface area (Å²) in [6.45, 7) is 6.62. The van der Waals surface area contributed by atoms with Crippen molar-refractivity contribution in [2.24, 2.45) is 5.92 Å². The Morgan fingerprint density at radius 1 is 1.63 bits per heavy atom. The third-order valence-corrected chi connectivity index (χ3v) is 3.54. The predicted octanol–water partition coefficient (Wildman–Crippen LogP) is 1.51. The summed E-state index contributed by atoms with van der Waals surface area (Å²) < 4.78 is 6.89. The van der Waals surface area contributed by atoms with E-state index >= 15 is 0 Å². The number of rotatable bonds is 6. The summed E-state index contributed by atoms with van der Waals surface area (Å²) in [4.78, 5) is 12.3. The van der Waals surface area contributed by atoms with Crippen LogP contribution in [0.2, 0.25) is 0 Å². The second kappa shape index (κ2) is 5.33. The molecule has 19 heavy (non-hydrogen) atoms. The van der Waals surface area contributed by atoms with E-state index in [9.17, 15) is 4.79 Å². The first-order valence-electron chi connectivity index (χ1n) is 6.83. The number of hydrogen-bond acceptors (Lipinski definition) is 4. The minimum atomic E-state index is -0.651. The van der Waals surface area contributed by atoms with Crippen LogP contribution < -0.4 is 5.32 Å². The summed E-state index contributed by atoms with van der Waals surface area (Å²) in [6, 6.07) is 0.219. The Kier molecular flexibility index (Phi) is 3.94. The summed E-state index contributed by atoms with van der Waals surface area (Å²) >= 11 is 0. The smallest absolute Gasteiger partial charge is 0.328 e. The average molecular weight is 265 g/mol. The van der Waals surface area contributed by atoms with Crippen LogP contribution in [0.25, 0.3) is 0 Å². The van der Waals surface area contributed by atoms with E-state index in [2.05, 4.69) is 24.3 Å². The molecule has 5 nitrogen and oxygen atoms in total. The van der Waals surface area contributed by atoms with Gasteiger partial charge in [-0.3, -0.25) is 10.00 Å². The van der Waals surface area contributed by atoms with E-state index in [-0.39, 0.29) is 12.0 Å². The van der Waals surface area contributed by atoms with Gasteiger partial charge in [0.15, 0.2) is 0 Å². The Balaban J connectivity index is 2.28. The highest BCUT2D eigenvalue weighted by Gasteiger charge is 2.52. The quantitative estimate of drug-likeness (QED) is 0.792. The van der Waals surface area contributed by atoms with Crippen LogP contribution >= 0.6 is 0 Å². The fourth-order valence-electron chi connectivity index (χ4n) is 2.67. The molecule has 1 unspecified atom stereocenters. The summed E-state index contributed by atoms with van der Waals surface area (Å²) in [5, 5.41) is 7.73. The van der Waals surface area contributed by atoms with Crippen LogP contribution in [0.3, 0.4) is 0 Å². The fraction of sp³-hybridized carbons (Fsp3) is 0.714. The van der Waals surface area contributed by atoms with Crippen LogP contribution in [0.15, 0.2) is 12.4 Å². The molecule has 0 spiro atoms. The molecule has 0 bridgehead atoms. The van der Waals surface area contributed by atoms with Crippen molar-refractivity contribution in [1.29, 1.82) is 0 Å². The number of aryl methyl sites for hydroxylation is 1. The van der Waals surface area contributed by atoms with E-state index in [0.29, 0.717) is 12.5 Å². The van der Waals surface area contributed by atoms with Crippen molar-refractivity contribution < 1.29 is 9.53 Å². The van der Waals surface area contributed by atoms with Gasteiger partial charge in [0.05, 0.1) is 19.9 Å². The van der Waals surface area contributed by atoms with E-state index in [1.807, 2.05) is 24.0 Å². The second-order valence-corrected chi connectivity index (χ2v) is 5.75. The first kappa shape index (κ1) is 14.1.